The Morgan fingerprint density at radius 2 is 1.71 bits per heavy atom. The van der Waals surface area contributed by atoms with Crippen LogP contribution in [-0.4, -0.2) is 41.8 Å². The number of rotatable bonds is 8. The molecule has 0 saturated carbocycles. The standard InChI is InChI=1S/C28H27N3O4/c1-4-35-22-15-12-20(16-23(22)34-3)27-24-25(19-10-13-21(33-2)14-11-19)29-30-26(24)28(32)31(27)17-18-8-6-5-7-9-18/h5-16,27H,4,17H2,1-3H3,(H,29,30). The molecule has 7 heteroatoms. The van der Waals surface area contributed by atoms with Crippen LogP contribution in [0.25, 0.3) is 11.3 Å². The number of aromatic amines is 1. The van der Waals surface area contributed by atoms with Crippen molar-refractivity contribution in [2.45, 2.75) is 19.5 Å². The molecule has 2 heterocycles. The van der Waals surface area contributed by atoms with Gasteiger partial charge in [-0.15, -0.1) is 0 Å². The molecule has 5 rings (SSSR count). The summed E-state index contributed by atoms with van der Waals surface area (Å²) in [6.45, 7) is 2.93. The van der Waals surface area contributed by atoms with Gasteiger partial charge in [-0.1, -0.05) is 36.4 Å². The van der Waals surface area contributed by atoms with Crippen molar-refractivity contribution in [1.82, 2.24) is 15.1 Å². The average molecular weight is 470 g/mol. The van der Waals surface area contributed by atoms with Gasteiger partial charge < -0.3 is 19.1 Å². The molecule has 0 spiro atoms. The zero-order valence-electron chi connectivity index (χ0n) is 19.9. The van der Waals surface area contributed by atoms with Crippen molar-refractivity contribution in [3.05, 3.63) is 95.2 Å². The summed E-state index contributed by atoms with van der Waals surface area (Å²) in [4.78, 5) is 15.5. The Labute approximate surface area is 204 Å². The Balaban J connectivity index is 1.64. The van der Waals surface area contributed by atoms with E-state index >= 15 is 0 Å². The van der Waals surface area contributed by atoms with E-state index in [1.54, 1.807) is 14.2 Å². The minimum Gasteiger partial charge on any atom is -0.497 e. The Morgan fingerprint density at radius 3 is 2.40 bits per heavy atom. The van der Waals surface area contributed by atoms with Gasteiger partial charge >= 0.3 is 0 Å². The van der Waals surface area contributed by atoms with E-state index in [0.29, 0.717) is 30.3 Å². The molecule has 4 aromatic rings. The summed E-state index contributed by atoms with van der Waals surface area (Å²) in [6.07, 6.45) is 0. The molecule has 178 valence electrons. The molecule has 1 aromatic heterocycles. The number of amides is 1. The van der Waals surface area contributed by atoms with Crippen LogP contribution >= 0.6 is 0 Å². The quantitative estimate of drug-likeness (QED) is 0.382. The Kier molecular flexibility index (Phi) is 6.14. The van der Waals surface area contributed by atoms with Crippen LogP contribution in [0.1, 0.15) is 40.1 Å². The normalized spacial score (nSPS) is 14.7. The minimum atomic E-state index is -0.349. The smallest absolute Gasteiger partial charge is 0.273 e. The number of benzene rings is 3. The SMILES string of the molecule is CCOc1ccc(C2c3c(-c4ccc(OC)cc4)n[nH]c3C(=O)N2Cc2ccccc2)cc1OC. The van der Waals surface area contributed by atoms with E-state index in [9.17, 15) is 4.79 Å². The fourth-order valence-corrected chi connectivity index (χ4v) is 4.58. The maximum atomic E-state index is 13.6. The first-order valence-corrected chi connectivity index (χ1v) is 11.5. The number of H-pyrrole nitrogens is 1. The van der Waals surface area contributed by atoms with Crippen LogP contribution in [0.2, 0.25) is 0 Å². The predicted molar refractivity (Wildman–Crippen MR) is 133 cm³/mol. The third-order valence-electron chi connectivity index (χ3n) is 6.23. The van der Waals surface area contributed by atoms with Crippen LogP contribution in [0.4, 0.5) is 0 Å². The van der Waals surface area contributed by atoms with Gasteiger partial charge in [0, 0.05) is 17.7 Å². The van der Waals surface area contributed by atoms with Gasteiger partial charge in [-0.3, -0.25) is 9.89 Å². The lowest BCUT2D eigenvalue weighted by molar-refractivity contribution is 0.0730. The fraction of sp³-hybridized carbons (Fsp3) is 0.214. The van der Waals surface area contributed by atoms with E-state index in [-0.39, 0.29) is 11.9 Å². The molecule has 0 fully saturated rings. The van der Waals surface area contributed by atoms with Gasteiger partial charge in [0.25, 0.3) is 5.91 Å². The van der Waals surface area contributed by atoms with E-state index in [1.165, 1.54) is 0 Å². The number of carbonyl (C=O) groups excluding carboxylic acids is 1. The first-order valence-electron chi connectivity index (χ1n) is 11.5. The minimum absolute atomic E-state index is 0.0889. The molecular formula is C28H27N3O4. The summed E-state index contributed by atoms with van der Waals surface area (Å²) >= 11 is 0. The predicted octanol–water partition coefficient (Wildman–Crippen LogP) is 5.24. The third kappa shape index (κ3) is 4.10. The molecule has 0 saturated heterocycles. The summed E-state index contributed by atoms with van der Waals surface area (Å²) in [5.41, 5.74) is 4.97. The number of carbonyl (C=O) groups is 1. The maximum Gasteiger partial charge on any atom is 0.273 e. The first kappa shape index (κ1) is 22.5. The second-order valence-electron chi connectivity index (χ2n) is 8.25. The van der Waals surface area contributed by atoms with E-state index in [2.05, 4.69) is 10.2 Å². The van der Waals surface area contributed by atoms with Gasteiger partial charge in [0.1, 0.15) is 11.4 Å². The number of hydrogen-bond acceptors (Lipinski definition) is 5. The largest absolute Gasteiger partial charge is 0.497 e. The van der Waals surface area contributed by atoms with Crippen LogP contribution in [-0.2, 0) is 6.54 Å². The summed E-state index contributed by atoms with van der Waals surface area (Å²) in [7, 11) is 3.26. The number of nitrogens with one attached hydrogen (secondary N) is 1. The molecule has 1 N–H and O–H groups in total. The lowest BCUT2D eigenvalue weighted by atomic mass is 9.95. The highest BCUT2D eigenvalue weighted by Gasteiger charge is 2.42. The molecule has 1 aliphatic heterocycles. The van der Waals surface area contributed by atoms with Crippen molar-refractivity contribution in [1.29, 1.82) is 0 Å². The Morgan fingerprint density at radius 1 is 0.943 bits per heavy atom. The number of fused-ring (bicyclic) bond motifs is 1. The van der Waals surface area contributed by atoms with E-state index in [1.807, 2.05) is 84.6 Å². The second-order valence-corrected chi connectivity index (χ2v) is 8.25. The van der Waals surface area contributed by atoms with Crippen LogP contribution in [0, 0.1) is 0 Å². The van der Waals surface area contributed by atoms with Crippen molar-refractivity contribution in [2.24, 2.45) is 0 Å². The third-order valence-corrected chi connectivity index (χ3v) is 6.23. The van der Waals surface area contributed by atoms with Crippen LogP contribution in [0.15, 0.2) is 72.8 Å². The molecule has 1 atom stereocenters. The highest BCUT2D eigenvalue weighted by molar-refractivity contribution is 6.00. The lowest BCUT2D eigenvalue weighted by Gasteiger charge is -2.27. The van der Waals surface area contributed by atoms with Crippen molar-refractivity contribution >= 4 is 5.91 Å². The fourth-order valence-electron chi connectivity index (χ4n) is 4.58. The highest BCUT2D eigenvalue weighted by atomic mass is 16.5. The Hall–Kier alpha value is -4.26. The zero-order chi connectivity index (χ0) is 24.4. The van der Waals surface area contributed by atoms with Crippen molar-refractivity contribution in [3.8, 4) is 28.5 Å². The second kappa shape index (κ2) is 9.54. The van der Waals surface area contributed by atoms with Gasteiger partial charge in [-0.2, -0.15) is 5.10 Å². The molecule has 7 nitrogen and oxygen atoms in total. The van der Waals surface area contributed by atoms with Crippen molar-refractivity contribution in [3.63, 3.8) is 0 Å². The van der Waals surface area contributed by atoms with Crippen molar-refractivity contribution in [2.75, 3.05) is 20.8 Å². The highest BCUT2D eigenvalue weighted by Crippen LogP contribution is 2.45. The molecule has 1 amide bonds. The van der Waals surface area contributed by atoms with Gasteiger partial charge in [0.15, 0.2) is 11.5 Å². The summed E-state index contributed by atoms with van der Waals surface area (Å²) in [5, 5.41) is 7.56. The summed E-state index contributed by atoms with van der Waals surface area (Å²) in [5.74, 6) is 1.96. The molecule has 0 aliphatic carbocycles. The van der Waals surface area contributed by atoms with Crippen molar-refractivity contribution < 1.29 is 19.0 Å². The van der Waals surface area contributed by atoms with E-state index in [4.69, 9.17) is 14.2 Å². The van der Waals surface area contributed by atoms with E-state index in [0.717, 1.165) is 33.7 Å². The van der Waals surface area contributed by atoms with Gasteiger partial charge in [-0.25, -0.2) is 0 Å². The molecule has 0 bridgehead atoms. The molecule has 0 radical (unpaired) electrons. The number of hydrogen-bond donors (Lipinski definition) is 1. The maximum absolute atomic E-state index is 13.6. The van der Waals surface area contributed by atoms with Gasteiger partial charge in [-0.05, 0) is 54.4 Å². The van der Waals surface area contributed by atoms with Gasteiger partial charge in [0.05, 0.1) is 32.6 Å². The van der Waals surface area contributed by atoms with Crippen LogP contribution < -0.4 is 14.2 Å². The summed E-state index contributed by atoms with van der Waals surface area (Å²) in [6, 6.07) is 23.2. The number of methoxy groups -OCH3 is 2. The monoisotopic (exact) mass is 469 g/mol. The number of aromatic nitrogens is 2. The Bertz CT molecular complexity index is 1330. The molecular weight excluding hydrogens is 442 g/mol. The molecule has 1 unspecified atom stereocenters. The first-order chi connectivity index (χ1) is 17.1. The molecule has 3 aromatic carbocycles. The summed E-state index contributed by atoms with van der Waals surface area (Å²) < 4.78 is 16.7. The number of ether oxygens (including phenoxy) is 3. The van der Waals surface area contributed by atoms with Crippen LogP contribution in [0.5, 0.6) is 17.2 Å². The zero-order valence-corrected chi connectivity index (χ0v) is 19.9. The lowest BCUT2D eigenvalue weighted by Crippen LogP contribution is -2.29. The van der Waals surface area contributed by atoms with Gasteiger partial charge in [0.2, 0.25) is 0 Å². The molecule has 1 aliphatic rings. The van der Waals surface area contributed by atoms with Crippen LogP contribution in [0.3, 0.4) is 0 Å². The topological polar surface area (TPSA) is 76.7 Å². The average Bonchev–Trinajstić information content (AvgIpc) is 3.44. The van der Waals surface area contributed by atoms with E-state index < -0.39 is 0 Å². The molecule has 35 heavy (non-hydrogen) atoms. The number of nitrogens with zero attached hydrogens (tertiary/aromatic N) is 2.